The molecule has 0 unspecified atom stereocenters. The number of rotatable bonds is 0. The summed E-state index contributed by atoms with van der Waals surface area (Å²) in [7, 11) is 0.500. The number of alkyl halides is 1. The summed E-state index contributed by atoms with van der Waals surface area (Å²) in [6.45, 7) is 0. The van der Waals surface area contributed by atoms with E-state index in [4.69, 9.17) is 0 Å². The Morgan fingerprint density at radius 3 is 1.25 bits per heavy atom. The smallest absolute Gasteiger partial charge is 0.0785 e. The van der Waals surface area contributed by atoms with E-state index in [1.807, 2.05) is 0 Å². The fourth-order valence-electron chi connectivity index (χ4n) is 0. The Morgan fingerprint density at radius 2 is 1.25 bits per heavy atom. The van der Waals surface area contributed by atoms with Crippen LogP contribution in [0.5, 0.6) is 0 Å². The van der Waals surface area contributed by atoms with Gasteiger partial charge in [0.25, 0.3) is 0 Å². The van der Waals surface area contributed by atoms with Crippen molar-refractivity contribution in [2.45, 2.75) is 0 Å². The van der Waals surface area contributed by atoms with E-state index in [2.05, 4.69) is 0 Å². The van der Waals surface area contributed by atoms with Crippen LogP contribution in [0.25, 0.3) is 0 Å². The van der Waals surface area contributed by atoms with Gasteiger partial charge in [0.15, 0.2) is 0 Å². The van der Waals surface area contributed by atoms with Gasteiger partial charge in [0.05, 0.1) is 7.18 Å². The van der Waals surface area contributed by atoms with Gasteiger partial charge in [0, 0.05) is 6.15 Å². The summed E-state index contributed by atoms with van der Waals surface area (Å²) < 4.78 is 9.50. The Balaban J connectivity index is -0.00000000500. The summed E-state index contributed by atoms with van der Waals surface area (Å²) in [5, 5.41) is 0. The Kier molecular flexibility index (Phi) is 2620. The fraction of sp³-hybridized carbons (Fsp3) is 1.00. The largest absolute Gasteiger partial charge is 0.412 e. The molecule has 0 saturated heterocycles. The van der Waals surface area contributed by atoms with Crippen LogP contribution >= 0.6 is 0 Å². The minimum atomic E-state index is 0. The molecule has 3 heteroatoms. The van der Waals surface area contributed by atoms with Gasteiger partial charge in [-0.1, -0.05) is 0 Å². The maximum absolute atomic E-state index is 9.50. The van der Waals surface area contributed by atoms with Crippen molar-refractivity contribution in [1.29, 1.82) is 0 Å². The third-order valence-corrected chi connectivity index (χ3v) is 0. The summed E-state index contributed by atoms with van der Waals surface area (Å²) in [6, 6.07) is 0. The van der Waals surface area contributed by atoms with Crippen molar-refractivity contribution < 1.29 is 16.0 Å². The maximum Gasteiger partial charge on any atom is 0.0785 e. The summed E-state index contributed by atoms with van der Waals surface area (Å²) in [6.07, 6.45) is 0. The zero-order valence-electron chi connectivity index (χ0n) is 2.59. The van der Waals surface area contributed by atoms with E-state index >= 15 is 0 Å². The van der Waals surface area contributed by atoms with Crippen LogP contribution in [-0.4, -0.2) is 12.7 Å². The molecule has 0 aromatic heterocycles. The second-order valence-electron chi connectivity index (χ2n) is 0. The molecule has 0 saturated carbocycles. The molecule has 4 heavy (non-hydrogen) atoms. The molecule has 0 fully saturated rings. The molecule has 1 nitrogen and oxygen atoms in total. The predicted octanol–water partition coefficient (Wildman–Crippen LogP) is -0.239. The molecule has 0 aliphatic rings. The van der Waals surface area contributed by atoms with Crippen molar-refractivity contribution in [1.82, 2.24) is 0 Å². The van der Waals surface area contributed by atoms with Gasteiger partial charge >= 0.3 is 0 Å². The zero-order valence-corrected chi connectivity index (χ0v) is 2.59. The first-order valence-corrected chi connectivity index (χ1v) is 0.378. The number of hydrogen-bond donors (Lipinski definition) is 0. The van der Waals surface area contributed by atoms with Gasteiger partial charge in [-0.2, -0.15) is 0 Å². The van der Waals surface area contributed by atoms with Crippen LogP contribution in [0.1, 0.15) is 0 Å². The molecule has 0 aromatic rings. The van der Waals surface area contributed by atoms with E-state index in [0.717, 1.165) is 0 Å². The average Bonchev–Trinajstić information content (AvgIpc) is 1.00. The van der Waals surface area contributed by atoms with Gasteiger partial charge in [0.2, 0.25) is 0 Å². The van der Waals surface area contributed by atoms with Gasteiger partial charge in [-0.25, -0.2) is 0 Å². The van der Waals surface area contributed by atoms with Crippen LogP contribution in [0.15, 0.2) is 0 Å². The van der Waals surface area contributed by atoms with E-state index in [-0.39, 0.29) is 11.6 Å². The topological polar surface area (TPSA) is 31.5 Å². The first-order valence-electron chi connectivity index (χ1n) is 0.378. The van der Waals surface area contributed by atoms with Crippen molar-refractivity contribution in [2.75, 3.05) is 7.18 Å². The molecule has 24 valence electrons. The van der Waals surface area contributed by atoms with Crippen LogP contribution in [0.4, 0.5) is 4.39 Å². The third kappa shape index (κ3) is 28.5. The average molecular weight is 56.1 g/mol. The van der Waals surface area contributed by atoms with Crippen molar-refractivity contribution >= 4 is 0 Å². The van der Waals surface area contributed by atoms with E-state index in [1.54, 1.807) is 0 Å². The van der Waals surface area contributed by atoms with Gasteiger partial charge in [-0.15, -0.1) is 0 Å². The van der Waals surface area contributed by atoms with E-state index in [9.17, 15) is 4.39 Å². The molecule has 0 rings (SSSR count). The second-order valence-corrected chi connectivity index (χ2v) is 0. The number of hydrogen-bond acceptors (Lipinski definition) is 0. The summed E-state index contributed by atoms with van der Waals surface area (Å²) >= 11 is 0. The molecule has 0 bridgehead atoms. The van der Waals surface area contributed by atoms with Gasteiger partial charge in [-0.05, 0) is 0 Å². The number of halogens is 1. The van der Waals surface area contributed by atoms with E-state index in [1.165, 1.54) is 0 Å². The van der Waals surface area contributed by atoms with Crippen molar-refractivity contribution in [2.24, 2.45) is 0 Å². The molecule has 0 aliphatic carbocycles. The molecule has 0 amide bonds. The van der Waals surface area contributed by atoms with E-state index in [0.29, 0.717) is 7.18 Å². The minimum Gasteiger partial charge on any atom is -0.412 e. The molecule has 0 spiro atoms. The Labute approximate surface area is 24.5 Å². The first-order chi connectivity index (χ1) is 1.00. The molecular weight excluding hydrogens is 51.0 g/mol. The van der Waals surface area contributed by atoms with Crippen LogP contribution in [-0.2, 0) is 0 Å². The molecule has 0 aliphatic heterocycles. The molecule has 2 N–H and O–H groups in total. The van der Waals surface area contributed by atoms with Gasteiger partial charge < -0.3 is 5.48 Å². The minimum absolute atomic E-state index is 0. The van der Waals surface area contributed by atoms with Crippen LogP contribution < -0.4 is 0 Å². The molecule has 0 heterocycles. The monoisotopic (exact) mass is 56.0 g/mol. The van der Waals surface area contributed by atoms with Crippen molar-refractivity contribution in [3.05, 3.63) is 0 Å². The zero-order chi connectivity index (χ0) is 2.00. The van der Waals surface area contributed by atoms with E-state index < -0.39 is 0 Å². The molecule has 0 atom stereocenters. The summed E-state index contributed by atoms with van der Waals surface area (Å²) in [5.41, 5.74) is 0. The Hall–Kier alpha value is -0.201. The normalized spacial score (nSPS) is 1.50. The maximum atomic E-state index is 9.50. The van der Waals surface area contributed by atoms with Crippen LogP contribution in [0, 0.1) is 6.15 Å². The summed E-state index contributed by atoms with van der Waals surface area (Å²) in [5.74, 6) is 0. The summed E-state index contributed by atoms with van der Waals surface area (Å²) in [4.78, 5) is 0. The van der Waals surface area contributed by atoms with Crippen molar-refractivity contribution in [3.63, 3.8) is 0 Å². The fourth-order valence-corrected chi connectivity index (χ4v) is 0. The SMILES string of the molecule is CF.O.[He]. The molecular formula is CH5FHeO. The molecule has 0 radical (unpaired) electrons. The Bertz CT molecular complexity index is 8.00. The second kappa shape index (κ2) is 224. The van der Waals surface area contributed by atoms with Gasteiger partial charge in [0.1, 0.15) is 0 Å². The van der Waals surface area contributed by atoms with Crippen LogP contribution in [0.2, 0.25) is 0 Å². The first kappa shape index (κ1) is 46.6. The van der Waals surface area contributed by atoms with Crippen LogP contribution in [0.3, 0.4) is 0 Å². The predicted molar refractivity (Wildman–Crippen MR) is 10.6 cm³/mol. The Morgan fingerprint density at radius 1 is 1.25 bits per heavy atom. The molecule has 0 aromatic carbocycles. The van der Waals surface area contributed by atoms with Gasteiger partial charge in [-0.3, -0.25) is 4.39 Å². The quantitative estimate of drug-likeness (QED) is 0.367. The van der Waals surface area contributed by atoms with Crippen molar-refractivity contribution in [3.8, 4) is 0 Å². The third-order valence-electron chi connectivity index (χ3n) is 0. The standard InChI is InChI=1S/CH3F.He.H2O/c1-2;;/h1H3;;1H2.